The van der Waals surface area contributed by atoms with E-state index in [1.807, 2.05) is 12.4 Å². The Bertz CT molecular complexity index is 308. The molecule has 1 aromatic heterocycles. The van der Waals surface area contributed by atoms with Crippen molar-refractivity contribution in [2.75, 3.05) is 0 Å². The van der Waals surface area contributed by atoms with Crippen LogP contribution in [-0.4, -0.2) is 9.55 Å². The van der Waals surface area contributed by atoms with Crippen LogP contribution in [0.3, 0.4) is 0 Å². The summed E-state index contributed by atoms with van der Waals surface area (Å²) in [5, 5.41) is 0. The van der Waals surface area contributed by atoms with Crippen LogP contribution in [0.1, 0.15) is 32.2 Å². The first-order chi connectivity index (χ1) is 5.79. The Morgan fingerprint density at radius 1 is 1.67 bits per heavy atom. The minimum atomic E-state index is 0.581. The van der Waals surface area contributed by atoms with Gasteiger partial charge in [0.15, 0.2) is 4.77 Å². The molecule has 66 valence electrons. The molecule has 12 heavy (non-hydrogen) atoms. The van der Waals surface area contributed by atoms with E-state index in [4.69, 9.17) is 12.2 Å². The number of nitrogens with zero attached hydrogens (tertiary/aromatic N) is 1. The zero-order chi connectivity index (χ0) is 8.55. The highest BCUT2D eigenvalue weighted by molar-refractivity contribution is 7.71. The van der Waals surface area contributed by atoms with Crippen LogP contribution in [0.25, 0.3) is 0 Å². The molecule has 1 heterocycles. The minimum Gasteiger partial charge on any atom is -0.337 e. The highest BCUT2D eigenvalue weighted by atomic mass is 32.1. The van der Waals surface area contributed by atoms with Gasteiger partial charge in [-0.05, 0) is 37.9 Å². The van der Waals surface area contributed by atoms with Gasteiger partial charge in [0.1, 0.15) is 0 Å². The molecular formula is C9H14N2S. The summed E-state index contributed by atoms with van der Waals surface area (Å²) in [5.41, 5.74) is 0. The predicted molar refractivity (Wildman–Crippen MR) is 51.7 cm³/mol. The van der Waals surface area contributed by atoms with E-state index in [2.05, 4.69) is 16.5 Å². The molecule has 0 aromatic carbocycles. The SMILES string of the molecule is CC(C1CCC1)n1cc[nH]c1=S. The summed E-state index contributed by atoms with van der Waals surface area (Å²) in [6.07, 6.45) is 8.10. The van der Waals surface area contributed by atoms with Gasteiger partial charge < -0.3 is 9.55 Å². The Morgan fingerprint density at radius 3 is 2.83 bits per heavy atom. The summed E-state index contributed by atoms with van der Waals surface area (Å²) in [4.78, 5) is 3.03. The molecule has 3 heteroatoms. The molecule has 1 atom stereocenters. The van der Waals surface area contributed by atoms with Crippen molar-refractivity contribution in [3.05, 3.63) is 17.2 Å². The van der Waals surface area contributed by atoms with E-state index in [0.717, 1.165) is 10.7 Å². The lowest BCUT2D eigenvalue weighted by Crippen LogP contribution is -2.22. The number of nitrogens with one attached hydrogen (secondary N) is 1. The van der Waals surface area contributed by atoms with Gasteiger partial charge in [-0.15, -0.1) is 0 Å². The van der Waals surface area contributed by atoms with Gasteiger partial charge in [-0.25, -0.2) is 0 Å². The van der Waals surface area contributed by atoms with Crippen molar-refractivity contribution in [1.29, 1.82) is 0 Å². The average molecular weight is 182 g/mol. The zero-order valence-corrected chi connectivity index (χ0v) is 8.10. The van der Waals surface area contributed by atoms with E-state index < -0.39 is 0 Å². The fourth-order valence-electron chi connectivity index (χ4n) is 1.80. The number of aromatic nitrogens is 2. The Balaban J connectivity index is 2.18. The van der Waals surface area contributed by atoms with Crippen molar-refractivity contribution in [1.82, 2.24) is 9.55 Å². The smallest absolute Gasteiger partial charge is 0.177 e. The van der Waals surface area contributed by atoms with Gasteiger partial charge in [-0.1, -0.05) is 6.42 Å². The highest BCUT2D eigenvalue weighted by Gasteiger charge is 2.24. The molecule has 1 aromatic rings. The molecule has 1 aliphatic rings. The zero-order valence-electron chi connectivity index (χ0n) is 7.29. The van der Waals surface area contributed by atoms with Crippen LogP contribution in [-0.2, 0) is 0 Å². The molecule has 0 aliphatic heterocycles. The van der Waals surface area contributed by atoms with Crippen molar-refractivity contribution >= 4 is 12.2 Å². The Labute approximate surface area is 77.6 Å². The van der Waals surface area contributed by atoms with Crippen molar-refractivity contribution in [3.63, 3.8) is 0 Å². The van der Waals surface area contributed by atoms with E-state index in [1.165, 1.54) is 19.3 Å². The maximum Gasteiger partial charge on any atom is 0.177 e. The average Bonchev–Trinajstić information content (AvgIpc) is 2.31. The van der Waals surface area contributed by atoms with E-state index in [-0.39, 0.29) is 0 Å². The summed E-state index contributed by atoms with van der Waals surface area (Å²) in [5.74, 6) is 0.854. The van der Waals surface area contributed by atoms with Gasteiger partial charge in [-0.3, -0.25) is 0 Å². The molecule has 0 amide bonds. The minimum absolute atomic E-state index is 0.581. The maximum absolute atomic E-state index is 5.16. The van der Waals surface area contributed by atoms with Gasteiger partial charge in [0.25, 0.3) is 0 Å². The standard InChI is InChI=1S/C9H14N2S/c1-7(8-3-2-4-8)11-6-5-10-9(11)12/h5-8H,2-4H2,1H3,(H,10,12). The Hall–Kier alpha value is -0.570. The molecule has 2 rings (SSSR count). The fraction of sp³-hybridized carbons (Fsp3) is 0.667. The summed E-state index contributed by atoms with van der Waals surface area (Å²) in [6.45, 7) is 2.26. The van der Waals surface area contributed by atoms with Crippen LogP contribution in [0.4, 0.5) is 0 Å². The predicted octanol–water partition coefficient (Wildman–Crippen LogP) is 2.91. The fourth-order valence-corrected chi connectivity index (χ4v) is 2.10. The molecule has 1 aliphatic carbocycles. The van der Waals surface area contributed by atoms with E-state index >= 15 is 0 Å². The molecule has 1 fully saturated rings. The molecule has 1 N–H and O–H groups in total. The van der Waals surface area contributed by atoms with Gasteiger partial charge in [0.2, 0.25) is 0 Å². The lowest BCUT2D eigenvalue weighted by Gasteiger charge is -2.32. The second kappa shape index (κ2) is 3.05. The van der Waals surface area contributed by atoms with E-state index in [1.54, 1.807) is 0 Å². The molecule has 0 saturated heterocycles. The first kappa shape index (κ1) is 8.05. The molecule has 1 unspecified atom stereocenters. The van der Waals surface area contributed by atoms with Crippen molar-refractivity contribution in [3.8, 4) is 0 Å². The highest BCUT2D eigenvalue weighted by Crippen LogP contribution is 2.35. The van der Waals surface area contributed by atoms with Crippen LogP contribution in [0.5, 0.6) is 0 Å². The Morgan fingerprint density at radius 2 is 2.42 bits per heavy atom. The lowest BCUT2D eigenvalue weighted by atomic mass is 9.80. The molecule has 0 bridgehead atoms. The third kappa shape index (κ3) is 1.22. The van der Waals surface area contributed by atoms with Gasteiger partial charge in [-0.2, -0.15) is 0 Å². The van der Waals surface area contributed by atoms with Crippen LogP contribution in [0.2, 0.25) is 0 Å². The number of H-pyrrole nitrogens is 1. The number of aromatic amines is 1. The van der Waals surface area contributed by atoms with Crippen molar-refractivity contribution < 1.29 is 0 Å². The third-order valence-corrected chi connectivity index (χ3v) is 3.28. The largest absolute Gasteiger partial charge is 0.337 e. The summed E-state index contributed by atoms with van der Waals surface area (Å²) >= 11 is 5.16. The molecule has 0 radical (unpaired) electrons. The number of rotatable bonds is 2. The quantitative estimate of drug-likeness (QED) is 0.697. The van der Waals surface area contributed by atoms with E-state index in [9.17, 15) is 0 Å². The van der Waals surface area contributed by atoms with Gasteiger partial charge in [0, 0.05) is 18.4 Å². The second-order valence-electron chi connectivity index (χ2n) is 3.60. The van der Waals surface area contributed by atoms with Gasteiger partial charge >= 0.3 is 0 Å². The van der Waals surface area contributed by atoms with Crippen molar-refractivity contribution in [2.24, 2.45) is 5.92 Å². The molecule has 2 nitrogen and oxygen atoms in total. The topological polar surface area (TPSA) is 20.7 Å². The first-order valence-corrected chi connectivity index (χ1v) is 4.95. The number of hydrogen-bond acceptors (Lipinski definition) is 1. The number of imidazole rings is 1. The molecule has 0 spiro atoms. The Kier molecular flexibility index (Phi) is 2.05. The monoisotopic (exact) mass is 182 g/mol. The number of hydrogen-bond donors (Lipinski definition) is 1. The maximum atomic E-state index is 5.16. The van der Waals surface area contributed by atoms with Crippen LogP contribution in [0.15, 0.2) is 12.4 Å². The molecular weight excluding hydrogens is 168 g/mol. The van der Waals surface area contributed by atoms with E-state index in [0.29, 0.717) is 6.04 Å². The summed E-state index contributed by atoms with van der Waals surface area (Å²) in [7, 11) is 0. The van der Waals surface area contributed by atoms with Crippen LogP contribution >= 0.6 is 12.2 Å². The summed E-state index contributed by atoms with van der Waals surface area (Å²) < 4.78 is 3.02. The van der Waals surface area contributed by atoms with Crippen LogP contribution in [0, 0.1) is 10.7 Å². The lowest BCUT2D eigenvalue weighted by molar-refractivity contribution is 0.221. The summed E-state index contributed by atoms with van der Waals surface area (Å²) in [6, 6.07) is 0.581. The second-order valence-corrected chi connectivity index (χ2v) is 3.99. The van der Waals surface area contributed by atoms with Crippen LogP contribution < -0.4 is 0 Å². The third-order valence-electron chi connectivity index (χ3n) is 2.95. The normalized spacial score (nSPS) is 20.4. The first-order valence-electron chi connectivity index (χ1n) is 4.54. The van der Waals surface area contributed by atoms with Crippen molar-refractivity contribution in [2.45, 2.75) is 32.2 Å². The molecule has 1 saturated carbocycles. The van der Waals surface area contributed by atoms with Gasteiger partial charge in [0.05, 0.1) is 0 Å².